The van der Waals surface area contributed by atoms with Crippen molar-refractivity contribution in [1.29, 1.82) is 0 Å². The zero-order chi connectivity index (χ0) is 15.1. The van der Waals surface area contributed by atoms with Gasteiger partial charge in [-0.05, 0) is 31.0 Å². The zero-order valence-corrected chi connectivity index (χ0v) is 11.7. The van der Waals surface area contributed by atoms with Crippen LogP contribution in [0.15, 0.2) is 18.2 Å². The molecule has 0 aliphatic carbocycles. The van der Waals surface area contributed by atoms with Gasteiger partial charge in [0.1, 0.15) is 5.75 Å². The minimum Gasteiger partial charge on any atom is -0.484 e. The Labute approximate surface area is 117 Å². The molecule has 0 aromatic heterocycles. The van der Waals surface area contributed by atoms with Gasteiger partial charge in [-0.15, -0.1) is 0 Å². The van der Waals surface area contributed by atoms with E-state index in [-0.39, 0.29) is 29.8 Å². The van der Waals surface area contributed by atoms with Crippen molar-refractivity contribution in [1.82, 2.24) is 5.32 Å². The Hall–Kier alpha value is -2.24. The Bertz CT molecular complexity index is 484. The SMILES string of the molecule is CCC(CC)NC(=O)COc1ccc(N)c(C(=O)O)c1. The van der Waals surface area contributed by atoms with Gasteiger partial charge in [-0.25, -0.2) is 4.79 Å². The Balaban J connectivity index is 2.60. The number of hydrogen-bond acceptors (Lipinski definition) is 4. The van der Waals surface area contributed by atoms with E-state index in [1.807, 2.05) is 13.8 Å². The van der Waals surface area contributed by atoms with E-state index >= 15 is 0 Å². The number of carbonyl (C=O) groups is 2. The third kappa shape index (κ3) is 4.46. The number of hydrogen-bond donors (Lipinski definition) is 3. The molecule has 1 aromatic rings. The van der Waals surface area contributed by atoms with E-state index in [4.69, 9.17) is 15.6 Å². The number of rotatable bonds is 7. The molecule has 0 radical (unpaired) electrons. The van der Waals surface area contributed by atoms with Gasteiger partial charge in [0.25, 0.3) is 5.91 Å². The third-order valence-electron chi connectivity index (χ3n) is 2.98. The van der Waals surface area contributed by atoms with E-state index in [2.05, 4.69) is 5.32 Å². The number of nitrogens with two attached hydrogens (primary N) is 1. The average Bonchev–Trinajstić information content (AvgIpc) is 2.43. The summed E-state index contributed by atoms with van der Waals surface area (Å²) in [6.07, 6.45) is 1.71. The fourth-order valence-electron chi connectivity index (χ4n) is 1.72. The number of benzene rings is 1. The van der Waals surface area contributed by atoms with Crippen LogP contribution in [0.2, 0.25) is 0 Å². The van der Waals surface area contributed by atoms with Crippen LogP contribution >= 0.6 is 0 Å². The summed E-state index contributed by atoms with van der Waals surface area (Å²) in [5, 5.41) is 11.8. The van der Waals surface area contributed by atoms with Crippen molar-refractivity contribution in [3.8, 4) is 5.75 Å². The molecule has 0 unspecified atom stereocenters. The predicted molar refractivity (Wildman–Crippen MR) is 75.8 cm³/mol. The predicted octanol–water partition coefficient (Wildman–Crippen LogP) is 1.65. The molecular formula is C14H20N2O4. The summed E-state index contributed by atoms with van der Waals surface area (Å²) in [7, 11) is 0. The Kier molecular flexibility index (Phi) is 5.83. The van der Waals surface area contributed by atoms with Gasteiger partial charge in [-0.1, -0.05) is 13.8 Å². The summed E-state index contributed by atoms with van der Waals surface area (Å²) in [6.45, 7) is 3.84. The maximum atomic E-state index is 11.7. The Morgan fingerprint density at radius 3 is 2.55 bits per heavy atom. The van der Waals surface area contributed by atoms with Crippen LogP contribution in [0.25, 0.3) is 0 Å². The van der Waals surface area contributed by atoms with Crippen molar-refractivity contribution >= 4 is 17.6 Å². The van der Waals surface area contributed by atoms with Crippen molar-refractivity contribution in [3.05, 3.63) is 23.8 Å². The second-order valence-electron chi connectivity index (χ2n) is 4.42. The number of nitrogen functional groups attached to an aromatic ring is 1. The van der Waals surface area contributed by atoms with E-state index in [1.54, 1.807) is 0 Å². The van der Waals surface area contributed by atoms with Crippen LogP contribution in [0, 0.1) is 0 Å². The van der Waals surface area contributed by atoms with Gasteiger partial charge in [-0.2, -0.15) is 0 Å². The van der Waals surface area contributed by atoms with Gasteiger partial charge < -0.3 is 20.9 Å². The van der Waals surface area contributed by atoms with Crippen molar-refractivity contribution in [2.45, 2.75) is 32.7 Å². The lowest BCUT2D eigenvalue weighted by molar-refractivity contribution is -0.123. The van der Waals surface area contributed by atoms with E-state index in [0.717, 1.165) is 12.8 Å². The molecule has 1 amide bonds. The number of ether oxygens (including phenoxy) is 1. The van der Waals surface area contributed by atoms with E-state index in [0.29, 0.717) is 5.75 Å². The van der Waals surface area contributed by atoms with Crippen molar-refractivity contribution in [2.24, 2.45) is 0 Å². The van der Waals surface area contributed by atoms with E-state index in [9.17, 15) is 9.59 Å². The number of nitrogens with one attached hydrogen (secondary N) is 1. The molecule has 0 saturated heterocycles. The Morgan fingerprint density at radius 1 is 1.35 bits per heavy atom. The van der Waals surface area contributed by atoms with Gasteiger partial charge in [0.15, 0.2) is 6.61 Å². The normalized spacial score (nSPS) is 10.3. The smallest absolute Gasteiger partial charge is 0.337 e. The summed E-state index contributed by atoms with van der Waals surface area (Å²) in [6, 6.07) is 4.42. The van der Waals surface area contributed by atoms with Gasteiger partial charge in [0.2, 0.25) is 0 Å². The highest BCUT2D eigenvalue weighted by atomic mass is 16.5. The standard InChI is InChI=1S/C14H20N2O4/c1-3-9(4-2)16-13(17)8-20-10-5-6-12(15)11(7-10)14(18)19/h5-7,9H,3-4,8,15H2,1-2H3,(H,16,17)(H,18,19). The molecule has 0 saturated carbocycles. The molecule has 110 valence electrons. The van der Waals surface area contributed by atoms with Gasteiger partial charge in [0.05, 0.1) is 5.56 Å². The number of carboxylic acids is 1. The first-order chi connectivity index (χ1) is 9.47. The first-order valence-corrected chi connectivity index (χ1v) is 6.52. The lowest BCUT2D eigenvalue weighted by Gasteiger charge is -2.15. The molecule has 1 aromatic carbocycles. The molecule has 0 fully saturated rings. The summed E-state index contributed by atoms with van der Waals surface area (Å²) in [5.41, 5.74) is 5.65. The quantitative estimate of drug-likeness (QED) is 0.659. The summed E-state index contributed by atoms with van der Waals surface area (Å²) >= 11 is 0. The van der Waals surface area contributed by atoms with Crippen molar-refractivity contribution in [2.75, 3.05) is 12.3 Å². The molecule has 6 nitrogen and oxygen atoms in total. The Morgan fingerprint density at radius 2 is 2.00 bits per heavy atom. The van der Waals surface area contributed by atoms with Crippen LogP contribution < -0.4 is 15.8 Å². The molecule has 20 heavy (non-hydrogen) atoms. The molecule has 0 atom stereocenters. The molecular weight excluding hydrogens is 260 g/mol. The zero-order valence-electron chi connectivity index (χ0n) is 11.7. The number of anilines is 1. The number of carbonyl (C=O) groups excluding carboxylic acids is 1. The van der Waals surface area contributed by atoms with Crippen LogP contribution in [0.1, 0.15) is 37.0 Å². The highest BCUT2D eigenvalue weighted by molar-refractivity contribution is 5.94. The average molecular weight is 280 g/mol. The summed E-state index contributed by atoms with van der Waals surface area (Å²) < 4.78 is 5.27. The minimum atomic E-state index is -1.13. The third-order valence-corrected chi connectivity index (χ3v) is 2.98. The van der Waals surface area contributed by atoms with Crippen LogP contribution in [-0.4, -0.2) is 29.6 Å². The van der Waals surface area contributed by atoms with E-state index < -0.39 is 5.97 Å². The molecule has 0 heterocycles. The van der Waals surface area contributed by atoms with Gasteiger partial charge in [-0.3, -0.25) is 4.79 Å². The maximum Gasteiger partial charge on any atom is 0.337 e. The second kappa shape index (κ2) is 7.37. The maximum absolute atomic E-state index is 11.7. The summed E-state index contributed by atoms with van der Waals surface area (Å²) in [4.78, 5) is 22.6. The lowest BCUT2D eigenvalue weighted by Crippen LogP contribution is -2.37. The van der Waals surface area contributed by atoms with Crippen molar-refractivity contribution in [3.63, 3.8) is 0 Å². The lowest BCUT2D eigenvalue weighted by atomic mass is 10.1. The number of carboxylic acid groups (broad SMARTS) is 1. The van der Waals surface area contributed by atoms with E-state index in [1.165, 1.54) is 18.2 Å². The monoisotopic (exact) mass is 280 g/mol. The number of aromatic carboxylic acids is 1. The highest BCUT2D eigenvalue weighted by Gasteiger charge is 2.11. The number of amides is 1. The molecule has 0 bridgehead atoms. The first-order valence-electron chi connectivity index (χ1n) is 6.52. The largest absolute Gasteiger partial charge is 0.484 e. The van der Waals surface area contributed by atoms with Gasteiger partial charge in [0, 0.05) is 11.7 Å². The molecule has 0 spiro atoms. The topological polar surface area (TPSA) is 102 Å². The fraction of sp³-hybridized carbons (Fsp3) is 0.429. The summed E-state index contributed by atoms with van der Waals surface area (Å²) in [5.74, 6) is -1.06. The van der Waals surface area contributed by atoms with Crippen molar-refractivity contribution < 1.29 is 19.4 Å². The molecule has 0 aliphatic heterocycles. The van der Waals surface area contributed by atoms with Crippen LogP contribution in [0.4, 0.5) is 5.69 Å². The molecule has 6 heteroatoms. The first kappa shape index (κ1) is 15.8. The van der Waals surface area contributed by atoms with Crippen LogP contribution in [-0.2, 0) is 4.79 Å². The molecule has 1 rings (SSSR count). The van der Waals surface area contributed by atoms with Crippen LogP contribution in [0.3, 0.4) is 0 Å². The minimum absolute atomic E-state index is 0.0390. The molecule has 0 aliphatic rings. The fourth-order valence-corrected chi connectivity index (χ4v) is 1.72. The second-order valence-corrected chi connectivity index (χ2v) is 4.42. The van der Waals surface area contributed by atoms with Crippen LogP contribution in [0.5, 0.6) is 5.75 Å². The molecule has 4 N–H and O–H groups in total. The van der Waals surface area contributed by atoms with Gasteiger partial charge >= 0.3 is 5.97 Å². The highest BCUT2D eigenvalue weighted by Crippen LogP contribution is 2.19.